The molecular formula is C33H68O7. The molecule has 0 aromatic heterocycles. The van der Waals surface area contributed by atoms with Gasteiger partial charge in [0.25, 0.3) is 5.97 Å². The Bertz CT molecular complexity index is 477. The second kappa shape index (κ2) is 40.0. The average Bonchev–Trinajstić information content (AvgIpc) is 2.92. The van der Waals surface area contributed by atoms with Gasteiger partial charge in [-0.3, -0.25) is 9.59 Å². The van der Waals surface area contributed by atoms with E-state index in [0.717, 1.165) is 19.8 Å². The van der Waals surface area contributed by atoms with Gasteiger partial charge in [0.15, 0.2) is 0 Å². The highest BCUT2D eigenvalue weighted by Gasteiger charge is 1.98. The normalized spacial score (nSPS) is 10.6. The summed E-state index contributed by atoms with van der Waals surface area (Å²) in [7, 11) is 0. The summed E-state index contributed by atoms with van der Waals surface area (Å²) in [6.45, 7) is 2.65. The fourth-order valence-corrected chi connectivity index (χ4v) is 4.47. The minimum Gasteiger partial charge on any atom is -0.481 e. The maximum atomic E-state index is 10.4. The molecule has 0 unspecified atom stereocenters. The van der Waals surface area contributed by atoms with Crippen LogP contribution < -0.4 is 0 Å². The number of unbranched alkanes of at least 4 members (excludes halogenated alkanes) is 24. The van der Waals surface area contributed by atoms with Crippen LogP contribution in [0.5, 0.6) is 0 Å². The number of hydrogen-bond acceptors (Lipinski definition) is 5. The van der Waals surface area contributed by atoms with Gasteiger partial charge in [0.1, 0.15) is 6.10 Å². The Kier molecular flexibility index (Phi) is 43.2. The summed E-state index contributed by atoms with van der Waals surface area (Å²) in [5, 5.41) is 40.0. The van der Waals surface area contributed by atoms with Gasteiger partial charge in [-0.05, 0) is 6.42 Å². The van der Waals surface area contributed by atoms with Crippen LogP contribution in [0.25, 0.3) is 0 Å². The molecule has 7 heteroatoms. The largest absolute Gasteiger partial charge is 0.481 e. The maximum Gasteiger partial charge on any atom is 0.303 e. The van der Waals surface area contributed by atoms with Crippen molar-refractivity contribution in [3.63, 3.8) is 0 Å². The van der Waals surface area contributed by atoms with Crippen LogP contribution in [0.2, 0.25) is 0 Å². The van der Waals surface area contributed by atoms with Gasteiger partial charge < -0.3 is 25.5 Å². The van der Waals surface area contributed by atoms with E-state index in [0.29, 0.717) is 6.42 Å². The fraction of sp³-hybridized carbons (Fsp3) is 0.939. The minimum atomic E-state index is -0.954. The summed E-state index contributed by atoms with van der Waals surface area (Å²) in [5.41, 5.74) is 0. The van der Waals surface area contributed by atoms with Crippen molar-refractivity contribution in [1.29, 1.82) is 0 Å². The lowest BCUT2D eigenvalue weighted by atomic mass is 10.0. The third kappa shape index (κ3) is 53.1. The lowest BCUT2D eigenvalue weighted by Crippen LogP contribution is -2.15. The number of carboxylic acid groups (broad SMARTS) is 2. The van der Waals surface area contributed by atoms with Gasteiger partial charge in [-0.1, -0.05) is 161 Å². The maximum absolute atomic E-state index is 10.4. The van der Waals surface area contributed by atoms with Crippen LogP contribution in [-0.4, -0.2) is 56.8 Å². The summed E-state index contributed by atoms with van der Waals surface area (Å²) < 4.78 is 0. The van der Waals surface area contributed by atoms with Gasteiger partial charge in [-0.25, -0.2) is 0 Å². The molecule has 0 saturated carbocycles. The van der Waals surface area contributed by atoms with Crippen molar-refractivity contribution in [2.45, 2.75) is 187 Å². The van der Waals surface area contributed by atoms with Crippen LogP contribution in [-0.2, 0) is 9.59 Å². The van der Waals surface area contributed by atoms with E-state index in [4.69, 9.17) is 30.3 Å². The number of hydrogen-bond donors (Lipinski definition) is 5. The van der Waals surface area contributed by atoms with Gasteiger partial charge >= 0.3 is 5.97 Å². The first-order valence-electron chi connectivity index (χ1n) is 16.6. The molecule has 242 valence electrons. The zero-order valence-corrected chi connectivity index (χ0v) is 26.4. The molecule has 0 aliphatic rings. The molecule has 7 nitrogen and oxygen atoms in total. The SMILES string of the molecule is CC(=O)O.CCCCCCCCCCCCCCCCCCCCCCCCCCCC(=O)O.OCC(O)CO. The van der Waals surface area contributed by atoms with Gasteiger partial charge in [0.2, 0.25) is 0 Å². The minimum absolute atomic E-state index is 0.347. The Morgan fingerprint density at radius 2 is 0.675 bits per heavy atom. The molecule has 0 fully saturated rings. The first kappa shape index (κ1) is 43.3. The first-order chi connectivity index (χ1) is 19.3. The van der Waals surface area contributed by atoms with E-state index in [1.807, 2.05) is 0 Å². The molecule has 0 aromatic carbocycles. The summed E-state index contributed by atoms with van der Waals surface area (Å²) in [6, 6.07) is 0. The van der Waals surface area contributed by atoms with Crippen LogP contribution in [0.1, 0.15) is 181 Å². The predicted molar refractivity (Wildman–Crippen MR) is 167 cm³/mol. The Morgan fingerprint density at radius 3 is 0.825 bits per heavy atom. The number of rotatable bonds is 28. The standard InChI is InChI=1S/C28H56O2.C3H8O3.C2H4O2/c1-2-3-4-5-6-7-8-9-10-11-12-13-14-15-16-17-18-19-20-21-22-23-24-25-26-27-28(29)30;4-1-3(6)2-5;1-2(3)4/h2-27H2,1H3,(H,29,30);3-6H,1-2H2;1H3,(H,3,4). The number of aliphatic hydroxyl groups is 3. The number of carbonyl (C=O) groups is 2. The van der Waals surface area contributed by atoms with Gasteiger partial charge in [0.05, 0.1) is 13.2 Å². The quantitative estimate of drug-likeness (QED) is 0.0588. The number of carboxylic acids is 2. The van der Waals surface area contributed by atoms with E-state index >= 15 is 0 Å². The molecule has 0 atom stereocenters. The van der Waals surface area contributed by atoms with Crippen molar-refractivity contribution in [2.75, 3.05) is 13.2 Å². The second-order valence-electron chi connectivity index (χ2n) is 11.2. The summed E-state index contributed by atoms with van der Waals surface area (Å²) in [5.74, 6) is -1.48. The van der Waals surface area contributed by atoms with E-state index in [1.165, 1.54) is 148 Å². The Morgan fingerprint density at radius 1 is 0.475 bits per heavy atom. The molecule has 0 aliphatic heterocycles. The molecule has 5 N–H and O–H groups in total. The van der Waals surface area contributed by atoms with Crippen molar-refractivity contribution in [2.24, 2.45) is 0 Å². The smallest absolute Gasteiger partial charge is 0.303 e. The Balaban J connectivity index is -0.00000116. The highest BCUT2D eigenvalue weighted by molar-refractivity contribution is 5.66. The second-order valence-corrected chi connectivity index (χ2v) is 11.2. The van der Waals surface area contributed by atoms with Crippen LogP contribution in [0.3, 0.4) is 0 Å². The number of aliphatic hydroxyl groups excluding tert-OH is 3. The third-order valence-corrected chi connectivity index (χ3v) is 6.92. The van der Waals surface area contributed by atoms with Crippen LogP contribution in [0.4, 0.5) is 0 Å². The molecule has 0 spiro atoms. The van der Waals surface area contributed by atoms with Gasteiger partial charge in [-0.15, -0.1) is 0 Å². The third-order valence-electron chi connectivity index (χ3n) is 6.92. The fourth-order valence-electron chi connectivity index (χ4n) is 4.47. The van der Waals surface area contributed by atoms with E-state index in [1.54, 1.807) is 0 Å². The zero-order chi connectivity index (χ0) is 30.5. The average molecular weight is 577 g/mol. The molecular weight excluding hydrogens is 508 g/mol. The molecule has 0 saturated heterocycles. The molecule has 0 aromatic rings. The Hall–Kier alpha value is -1.18. The highest BCUT2D eigenvalue weighted by Crippen LogP contribution is 2.15. The first-order valence-corrected chi connectivity index (χ1v) is 16.6. The molecule has 0 rings (SSSR count). The summed E-state index contributed by atoms with van der Waals surface area (Å²) in [6.07, 6.45) is 34.0. The molecule has 0 aliphatic carbocycles. The molecule has 0 bridgehead atoms. The van der Waals surface area contributed by atoms with Crippen molar-refractivity contribution < 1.29 is 35.1 Å². The number of aliphatic carboxylic acids is 2. The summed E-state index contributed by atoms with van der Waals surface area (Å²) >= 11 is 0. The van der Waals surface area contributed by atoms with Crippen LogP contribution in [0, 0.1) is 0 Å². The van der Waals surface area contributed by atoms with Gasteiger partial charge in [-0.2, -0.15) is 0 Å². The molecule has 0 heterocycles. The summed E-state index contributed by atoms with van der Waals surface area (Å²) in [4.78, 5) is 19.4. The van der Waals surface area contributed by atoms with Crippen molar-refractivity contribution in [3.8, 4) is 0 Å². The van der Waals surface area contributed by atoms with Crippen LogP contribution in [0.15, 0.2) is 0 Å². The van der Waals surface area contributed by atoms with E-state index in [9.17, 15) is 4.79 Å². The highest BCUT2D eigenvalue weighted by atomic mass is 16.4. The Labute approximate surface area is 247 Å². The lowest BCUT2D eigenvalue weighted by molar-refractivity contribution is -0.137. The van der Waals surface area contributed by atoms with E-state index < -0.39 is 18.0 Å². The van der Waals surface area contributed by atoms with E-state index in [2.05, 4.69) is 6.92 Å². The van der Waals surface area contributed by atoms with Crippen molar-refractivity contribution in [3.05, 3.63) is 0 Å². The molecule has 0 radical (unpaired) electrons. The lowest BCUT2D eigenvalue weighted by Gasteiger charge is -2.04. The van der Waals surface area contributed by atoms with Gasteiger partial charge in [0, 0.05) is 13.3 Å². The zero-order valence-electron chi connectivity index (χ0n) is 26.4. The van der Waals surface area contributed by atoms with Crippen molar-refractivity contribution in [1.82, 2.24) is 0 Å². The monoisotopic (exact) mass is 576 g/mol. The topological polar surface area (TPSA) is 135 Å². The molecule has 0 amide bonds. The predicted octanol–water partition coefficient (Wildman–Crippen LogP) is 8.66. The van der Waals surface area contributed by atoms with E-state index in [-0.39, 0.29) is 13.2 Å². The molecule has 40 heavy (non-hydrogen) atoms. The van der Waals surface area contributed by atoms with Crippen LogP contribution >= 0.6 is 0 Å². The van der Waals surface area contributed by atoms with Crippen molar-refractivity contribution >= 4 is 11.9 Å².